The summed E-state index contributed by atoms with van der Waals surface area (Å²) in [7, 11) is -5.10. The van der Waals surface area contributed by atoms with Crippen molar-refractivity contribution in [3.8, 4) is 5.69 Å². The van der Waals surface area contributed by atoms with Crippen molar-refractivity contribution in [2.75, 3.05) is 6.61 Å². The molecule has 1 aromatic heterocycles. The maximum absolute atomic E-state index is 14.2. The average Bonchev–Trinajstić information content (AvgIpc) is 3.54. The van der Waals surface area contributed by atoms with Crippen LogP contribution in [0.2, 0.25) is 23.7 Å². The van der Waals surface area contributed by atoms with Gasteiger partial charge in [0.15, 0.2) is 0 Å². The predicted molar refractivity (Wildman–Crippen MR) is 184 cm³/mol. The van der Waals surface area contributed by atoms with Crippen LogP contribution in [0.5, 0.6) is 0 Å². The zero-order chi connectivity index (χ0) is 31.1. The Balaban J connectivity index is 1.52. The first-order valence-electron chi connectivity index (χ1n) is 15.4. The van der Waals surface area contributed by atoms with E-state index < -0.39 is 16.4 Å². The molecule has 0 spiro atoms. The Kier molecular flexibility index (Phi) is 7.86. The molecule has 0 amide bonds. The molecule has 0 saturated heterocycles. The summed E-state index contributed by atoms with van der Waals surface area (Å²) in [5.74, 6) is 0. The quantitative estimate of drug-likeness (QED) is 0.232. The van der Waals surface area contributed by atoms with Crippen LogP contribution in [0.25, 0.3) is 5.69 Å². The highest BCUT2D eigenvalue weighted by Crippen LogP contribution is 2.42. The van der Waals surface area contributed by atoms with Crippen molar-refractivity contribution in [2.24, 2.45) is 0 Å². The van der Waals surface area contributed by atoms with Gasteiger partial charge in [0.25, 0.3) is 8.32 Å². The van der Waals surface area contributed by atoms with Crippen LogP contribution in [0.15, 0.2) is 131 Å². The number of benzene rings is 4. The summed E-state index contributed by atoms with van der Waals surface area (Å²) in [4.78, 5) is 28.2. The molecule has 2 heterocycles. The molecule has 226 valence electrons. The average molecular weight is 620 g/mol. The summed E-state index contributed by atoms with van der Waals surface area (Å²) in [5.41, 5.74) is 0.0585. The molecule has 4 aromatic carbocycles. The monoisotopic (exact) mass is 619 g/mol. The Labute approximate surface area is 261 Å². The summed E-state index contributed by atoms with van der Waals surface area (Å²) in [6.07, 6.45) is 0. The summed E-state index contributed by atoms with van der Waals surface area (Å²) in [6, 6.07) is 40.7. The van der Waals surface area contributed by atoms with E-state index in [-0.39, 0.29) is 28.0 Å². The molecule has 0 saturated carbocycles. The van der Waals surface area contributed by atoms with Crippen LogP contribution in [0.1, 0.15) is 26.8 Å². The normalized spacial score (nSPS) is 17.0. The molecule has 0 fully saturated rings. The van der Waals surface area contributed by atoms with E-state index in [2.05, 4.69) is 107 Å². The van der Waals surface area contributed by atoms with Crippen LogP contribution in [0.4, 0.5) is 0 Å². The summed E-state index contributed by atoms with van der Waals surface area (Å²) in [5, 5.41) is 3.48. The van der Waals surface area contributed by atoms with Gasteiger partial charge >= 0.3 is 11.4 Å². The lowest BCUT2D eigenvalue weighted by Crippen LogP contribution is -2.67. The minimum Gasteiger partial charge on any atom is -0.405 e. The van der Waals surface area contributed by atoms with Gasteiger partial charge in [0.2, 0.25) is 0 Å². The summed E-state index contributed by atoms with van der Waals surface area (Å²) in [6.45, 7) is 12.3. The zero-order valence-corrected chi connectivity index (χ0v) is 28.2. The molecule has 0 radical (unpaired) electrons. The van der Waals surface area contributed by atoms with Gasteiger partial charge < -0.3 is 4.43 Å². The molecule has 0 aliphatic carbocycles. The van der Waals surface area contributed by atoms with Crippen molar-refractivity contribution in [3.63, 3.8) is 0 Å². The van der Waals surface area contributed by atoms with Crippen LogP contribution in [-0.4, -0.2) is 36.9 Å². The van der Waals surface area contributed by atoms with E-state index in [4.69, 9.17) is 4.43 Å². The maximum atomic E-state index is 14.2. The number of rotatable bonds is 8. The lowest BCUT2D eigenvalue weighted by molar-refractivity contribution is 0.231. The third kappa shape index (κ3) is 4.91. The largest absolute Gasteiger partial charge is 0.405 e. The van der Waals surface area contributed by atoms with E-state index in [1.54, 1.807) is 9.36 Å². The first kappa shape index (κ1) is 30.1. The molecule has 8 heteroatoms. The highest BCUT2D eigenvalue weighted by Gasteiger charge is 2.53. The van der Waals surface area contributed by atoms with Crippen LogP contribution in [0, 0.1) is 0 Å². The van der Waals surface area contributed by atoms with Crippen molar-refractivity contribution in [1.82, 2.24) is 13.9 Å². The predicted octanol–water partition coefficient (Wildman–Crippen LogP) is 4.92. The molecular weight excluding hydrogens is 579 g/mol. The smallest absolute Gasteiger partial charge is 0.352 e. The molecule has 0 unspecified atom stereocenters. The molecule has 5 aromatic rings. The van der Waals surface area contributed by atoms with Crippen molar-refractivity contribution in [3.05, 3.63) is 142 Å². The third-order valence-electron chi connectivity index (χ3n) is 9.55. The maximum Gasteiger partial charge on any atom is 0.352 e. The highest BCUT2D eigenvalue weighted by atomic mass is 28.4. The van der Waals surface area contributed by atoms with Crippen LogP contribution in [-0.2, 0) is 11.0 Å². The first-order chi connectivity index (χ1) is 21.1. The topological polar surface area (TPSA) is 58.2 Å². The second kappa shape index (κ2) is 11.5. The number of hydrogen-bond donors (Lipinski definition) is 0. The Morgan fingerprint density at radius 2 is 1.14 bits per heavy atom. The lowest BCUT2D eigenvalue weighted by Gasteiger charge is -2.44. The van der Waals surface area contributed by atoms with Gasteiger partial charge in [-0.2, -0.15) is 0 Å². The second-order valence-corrected chi connectivity index (χ2v) is 22.5. The minimum absolute atomic E-state index is 0.0777. The molecule has 0 bridgehead atoms. The van der Waals surface area contributed by atoms with Gasteiger partial charge in [-0.1, -0.05) is 148 Å². The van der Waals surface area contributed by atoms with E-state index >= 15 is 0 Å². The number of para-hydroxylation sites is 1. The van der Waals surface area contributed by atoms with Gasteiger partial charge in [-0.3, -0.25) is 0 Å². The lowest BCUT2D eigenvalue weighted by atomic mass is 10.2. The van der Waals surface area contributed by atoms with Crippen LogP contribution < -0.4 is 26.9 Å². The van der Waals surface area contributed by atoms with Gasteiger partial charge in [0.1, 0.15) is 0 Å². The van der Waals surface area contributed by atoms with Crippen molar-refractivity contribution in [2.45, 2.75) is 57.0 Å². The number of aromatic nitrogens is 3. The Bertz CT molecular complexity index is 1800. The van der Waals surface area contributed by atoms with Gasteiger partial charge in [0, 0.05) is 12.1 Å². The van der Waals surface area contributed by atoms with Crippen LogP contribution in [0.3, 0.4) is 0 Å². The summed E-state index contributed by atoms with van der Waals surface area (Å²) < 4.78 is 12.2. The van der Waals surface area contributed by atoms with Crippen LogP contribution >= 0.6 is 0 Å². The van der Waals surface area contributed by atoms with Gasteiger partial charge in [-0.25, -0.2) is 23.5 Å². The van der Waals surface area contributed by atoms with E-state index in [9.17, 15) is 9.59 Å². The molecule has 0 N–H and O–H groups in total. The van der Waals surface area contributed by atoms with Crippen molar-refractivity contribution < 1.29 is 4.43 Å². The number of nitrogens with zero attached hydrogens (tertiary/aromatic N) is 3. The summed E-state index contributed by atoms with van der Waals surface area (Å²) >= 11 is 0. The molecule has 6 rings (SSSR count). The molecule has 1 aliphatic rings. The highest BCUT2D eigenvalue weighted by molar-refractivity contribution is 6.99. The zero-order valence-electron chi connectivity index (χ0n) is 26.2. The second-order valence-electron chi connectivity index (χ2n) is 13.4. The van der Waals surface area contributed by atoms with E-state index in [1.165, 1.54) is 20.1 Å². The van der Waals surface area contributed by atoms with E-state index in [0.717, 1.165) is 0 Å². The Morgan fingerprint density at radius 1 is 0.682 bits per heavy atom. The van der Waals surface area contributed by atoms with Gasteiger partial charge in [-0.15, -0.1) is 0 Å². The van der Waals surface area contributed by atoms with Crippen molar-refractivity contribution >= 4 is 32.0 Å². The fourth-order valence-corrected chi connectivity index (χ4v) is 15.1. The molecular formula is C36H41N3O3Si2. The Morgan fingerprint density at radius 3 is 1.61 bits per heavy atom. The van der Waals surface area contributed by atoms with Gasteiger partial charge in [-0.05, 0) is 27.5 Å². The minimum atomic E-state index is -2.89. The van der Waals surface area contributed by atoms with Crippen molar-refractivity contribution in [1.29, 1.82) is 0 Å². The molecule has 6 nitrogen and oxygen atoms in total. The Hall–Kier alpha value is -3.99. The number of fused-ring (bicyclic) bond motifs is 1. The SMILES string of the molecule is CC(C)(C)[Si](OC[C@@H]1[C@@H]([Si](C)(C)c2ccccc2)Cn2c(=O)n(-c3ccccc3)c(=O)n21)(c1ccccc1)c1ccccc1. The molecule has 1 aliphatic heterocycles. The third-order valence-corrected chi connectivity index (χ3v) is 18.8. The van der Waals surface area contributed by atoms with E-state index in [1.807, 2.05) is 48.5 Å². The molecule has 2 atom stereocenters. The first-order valence-corrected chi connectivity index (χ1v) is 20.4. The standard InChI is InChI=1S/C36H41N3O3Si2/c1-36(2,3)44(30-22-14-8-15-23-30,31-24-16-9-17-25-31)42-27-32-33(43(4,5)29-20-12-7-13-21-29)26-37-34(40)38(35(41)39(32)37)28-18-10-6-11-19-28/h6-25,32-33H,26-27H2,1-5H3/t32-,33+/m1/s1. The van der Waals surface area contributed by atoms with Gasteiger partial charge in [0.05, 0.1) is 26.4 Å². The molecule has 44 heavy (non-hydrogen) atoms. The fourth-order valence-electron chi connectivity index (χ4n) is 7.21. The van der Waals surface area contributed by atoms with E-state index in [0.29, 0.717) is 18.8 Å². The fraction of sp³-hybridized carbons (Fsp3) is 0.278. The number of hydrogen-bond acceptors (Lipinski definition) is 3.